The largest absolute Gasteiger partial charge is 1.00 e. The molecule has 1 atom stereocenters. The molecule has 11 heteroatoms. The second kappa shape index (κ2) is 26.9. The molecular formula is C25H27Na2O8P. The first-order chi connectivity index (χ1) is 16.3. The standard InChI is InChI=1S/C25H29O8P.2Na/c1-3-5-7-9-11-13-15-17-19-24(26)31-21-23(22-32-34(28,29)30)33-25(27)20-18-16-14-12-10-8-6-4-2;;/h1,23H,4,6,8,10,12,14,16,18,20-22H2,2H3,(H2,28,29,30);;/q;2*+1/p-2/t23-;;/m0../s1. The minimum atomic E-state index is -5.30. The van der Waals surface area contributed by atoms with Crippen molar-refractivity contribution in [2.45, 2.75) is 70.8 Å². The van der Waals surface area contributed by atoms with Gasteiger partial charge >= 0.3 is 71.1 Å². The number of phosphoric acid groups is 1. The van der Waals surface area contributed by atoms with E-state index in [1.807, 2.05) is 0 Å². The average Bonchev–Trinajstić information content (AvgIpc) is 2.78. The van der Waals surface area contributed by atoms with E-state index < -0.39 is 39.1 Å². The molecule has 0 bridgehead atoms. The Morgan fingerprint density at radius 1 is 0.833 bits per heavy atom. The van der Waals surface area contributed by atoms with Crippen LogP contribution in [0, 0.1) is 59.7 Å². The van der Waals surface area contributed by atoms with E-state index in [2.05, 4.69) is 64.7 Å². The number of carbonyl (C=O) groups is 2. The Balaban J connectivity index is -0.00000544. The molecule has 0 rings (SSSR count). The van der Waals surface area contributed by atoms with Crippen molar-refractivity contribution in [2.75, 3.05) is 13.2 Å². The molecule has 0 spiro atoms. The van der Waals surface area contributed by atoms with Crippen molar-refractivity contribution >= 4 is 19.8 Å². The van der Waals surface area contributed by atoms with E-state index in [9.17, 15) is 23.9 Å². The molecule has 36 heavy (non-hydrogen) atoms. The molecule has 0 aromatic heterocycles. The quantitative estimate of drug-likeness (QED) is 0.0516. The second-order valence-corrected chi connectivity index (χ2v) is 7.98. The van der Waals surface area contributed by atoms with Crippen LogP contribution in [0.15, 0.2) is 0 Å². The number of ether oxygens (including phenoxy) is 2. The van der Waals surface area contributed by atoms with Crippen LogP contribution >= 0.6 is 7.82 Å². The fourth-order valence-corrected chi connectivity index (χ4v) is 2.77. The van der Waals surface area contributed by atoms with Gasteiger partial charge in [-0.3, -0.25) is 4.79 Å². The Morgan fingerprint density at radius 2 is 1.36 bits per heavy atom. The monoisotopic (exact) mass is 532 g/mol. The molecule has 0 fully saturated rings. The zero-order valence-corrected chi connectivity index (χ0v) is 26.0. The van der Waals surface area contributed by atoms with Gasteiger partial charge in [0.1, 0.15) is 6.61 Å². The van der Waals surface area contributed by atoms with Crippen LogP contribution in [0.4, 0.5) is 0 Å². The van der Waals surface area contributed by atoms with E-state index in [1.54, 1.807) is 0 Å². The van der Waals surface area contributed by atoms with E-state index in [0.717, 1.165) is 25.7 Å². The number of esters is 2. The first-order valence-corrected chi connectivity index (χ1v) is 12.2. The molecule has 0 saturated carbocycles. The minimum absolute atomic E-state index is 0. The van der Waals surface area contributed by atoms with Crippen LogP contribution in [0.5, 0.6) is 0 Å². The van der Waals surface area contributed by atoms with Crippen molar-refractivity contribution in [3.63, 3.8) is 0 Å². The van der Waals surface area contributed by atoms with E-state index in [-0.39, 0.29) is 65.5 Å². The normalized spacial score (nSPS) is 9.72. The van der Waals surface area contributed by atoms with Crippen molar-refractivity contribution < 1.29 is 97.1 Å². The summed E-state index contributed by atoms with van der Waals surface area (Å²) in [5.41, 5.74) is 0. The van der Waals surface area contributed by atoms with Gasteiger partial charge in [0.2, 0.25) is 0 Å². The van der Waals surface area contributed by atoms with Crippen LogP contribution in [0.2, 0.25) is 0 Å². The summed E-state index contributed by atoms with van der Waals surface area (Å²) < 4.78 is 24.8. The first-order valence-electron chi connectivity index (χ1n) is 10.8. The maximum Gasteiger partial charge on any atom is 1.00 e. The van der Waals surface area contributed by atoms with E-state index >= 15 is 0 Å². The topological polar surface area (TPSA) is 125 Å². The molecule has 0 amide bonds. The summed E-state index contributed by atoms with van der Waals surface area (Å²) in [5.74, 6) is 18.5. The Kier molecular flexibility index (Phi) is 29.4. The van der Waals surface area contributed by atoms with Gasteiger partial charge in [0, 0.05) is 12.3 Å². The third-order valence-corrected chi connectivity index (χ3v) is 4.43. The fraction of sp³-hybridized carbons (Fsp3) is 0.520. The van der Waals surface area contributed by atoms with Crippen LogP contribution in [-0.2, 0) is 28.2 Å². The summed E-state index contributed by atoms with van der Waals surface area (Å²) in [5, 5.41) is 0. The van der Waals surface area contributed by atoms with Gasteiger partial charge in [-0.05, 0) is 53.8 Å². The molecular weight excluding hydrogens is 505 g/mol. The maximum absolute atomic E-state index is 12.0. The Labute approximate surface area is 258 Å². The zero-order chi connectivity index (χ0) is 25.5. The molecule has 0 aliphatic heterocycles. The van der Waals surface area contributed by atoms with E-state index in [4.69, 9.17) is 15.9 Å². The van der Waals surface area contributed by atoms with Crippen molar-refractivity contribution in [3.05, 3.63) is 0 Å². The van der Waals surface area contributed by atoms with Gasteiger partial charge in [0.25, 0.3) is 0 Å². The van der Waals surface area contributed by atoms with Crippen LogP contribution in [0.1, 0.15) is 64.7 Å². The SMILES string of the molecule is C#CC#CC#CC#CC#CC(=O)OC[C@@H](COP(=O)([O-])[O-])OC(=O)CCCCCCCCCC.[Na+].[Na+]. The van der Waals surface area contributed by atoms with Crippen molar-refractivity contribution in [1.82, 2.24) is 0 Å². The third-order valence-electron chi connectivity index (χ3n) is 3.96. The molecule has 0 heterocycles. The second-order valence-electron chi connectivity index (χ2n) is 6.82. The van der Waals surface area contributed by atoms with Crippen LogP contribution in [0.25, 0.3) is 0 Å². The predicted molar refractivity (Wildman–Crippen MR) is 122 cm³/mol. The van der Waals surface area contributed by atoms with Crippen molar-refractivity contribution in [3.8, 4) is 59.7 Å². The number of hydrogen-bond acceptors (Lipinski definition) is 8. The van der Waals surface area contributed by atoms with Gasteiger partial charge in [0.05, 0.1) is 14.4 Å². The number of unbranched alkanes of at least 4 members (excludes halogenated alkanes) is 7. The Hall–Kier alpha value is -1.15. The first kappa shape index (κ1) is 39.4. The Bertz CT molecular complexity index is 985. The molecule has 0 radical (unpaired) electrons. The minimum Gasteiger partial charge on any atom is -0.790 e. The molecule has 0 N–H and O–H groups in total. The summed E-state index contributed by atoms with van der Waals surface area (Å²) in [6.07, 6.45) is 12.1. The number of hydrogen-bond donors (Lipinski definition) is 0. The summed E-state index contributed by atoms with van der Waals surface area (Å²) in [6.45, 7) is 0.826. The van der Waals surface area contributed by atoms with Gasteiger partial charge in [-0.1, -0.05) is 51.9 Å². The van der Waals surface area contributed by atoms with Gasteiger partial charge in [-0.2, -0.15) is 0 Å². The summed E-state index contributed by atoms with van der Waals surface area (Å²) in [6, 6.07) is 0. The van der Waals surface area contributed by atoms with Gasteiger partial charge in [-0.25, -0.2) is 4.79 Å². The molecule has 182 valence electrons. The smallest absolute Gasteiger partial charge is 0.790 e. The van der Waals surface area contributed by atoms with Crippen molar-refractivity contribution in [1.29, 1.82) is 0 Å². The molecule has 0 aliphatic carbocycles. The van der Waals surface area contributed by atoms with Crippen LogP contribution < -0.4 is 68.9 Å². The number of terminal acetylenes is 1. The summed E-state index contributed by atoms with van der Waals surface area (Å²) >= 11 is 0. The summed E-state index contributed by atoms with van der Waals surface area (Å²) in [7, 11) is -5.30. The molecule has 0 unspecified atom stereocenters. The van der Waals surface area contributed by atoms with E-state index in [0.29, 0.717) is 6.42 Å². The van der Waals surface area contributed by atoms with Crippen molar-refractivity contribution in [2.24, 2.45) is 0 Å². The third kappa shape index (κ3) is 29.1. The molecule has 8 nitrogen and oxygen atoms in total. The van der Waals surface area contributed by atoms with Gasteiger partial charge < -0.3 is 28.3 Å². The summed E-state index contributed by atoms with van der Waals surface area (Å²) in [4.78, 5) is 45.1. The van der Waals surface area contributed by atoms with Crippen LogP contribution in [-0.4, -0.2) is 31.3 Å². The zero-order valence-electron chi connectivity index (χ0n) is 21.1. The van der Waals surface area contributed by atoms with Gasteiger partial charge in [-0.15, -0.1) is 6.42 Å². The number of carbonyl (C=O) groups excluding carboxylic acids is 2. The number of phosphoric ester groups is 1. The fourth-order valence-electron chi connectivity index (χ4n) is 2.42. The van der Waals surface area contributed by atoms with Crippen LogP contribution in [0.3, 0.4) is 0 Å². The maximum atomic E-state index is 12.0. The molecule has 0 aliphatic rings. The number of rotatable bonds is 15. The predicted octanol–water partition coefficient (Wildman–Crippen LogP) is -4.53. The Morgan fingerprint density at radius 3 is 1.92 bits per heavy atom. The average molecular weight is 532 g/mol. The molecule has 0 saturated heterocycles. The van der Waals surface area contributed by atoms with Gasteiger partial charge in [0.15, 0.2) is 6.10 Å². The molecule has 0 aromatic carbocycles. The molecule has 0 aromatic rings. The van der Waals surface area contributed by atoms with E-state index in [1.165, 1.54) is 19.3 Å².